The number of hydrogen-bond acceptors (Lipinski definition) is 1. The molecule has 0 aliphatic carbocycles. The van der Waals surface area contributed by atoms with Crippen molar-refractivity contribution in [3.63, 3.8) is 0 Å². The van der Waals surface area contributed by atoms with Gasteiger partial charge in [0.05, 0.1) is 0 Å². The normalized spacial score (nSPS) is 14.1. The van der Waals surface area contributed by atoms with Crippen LogP contribution >= 0.6 is 0 Å². The second-order valence-electron chi connectivity index (χ2n) is 3.38. The minimum Gasteiger partial charge on any atom is -0.330 e. The van der Waals surface area contributed by atoms with E-state index in [-0.39, 0.29) is 0 Å². The molecule has 0 fully saturated rings. The van der Waals surface area contributed by atoms with E-state index in [0.717, 1.165) is 18.4 Å². The number of nitrogens with two attached hydrogens (primary N) is 1. The van der Waals surface area contributed by atoms with E-state index in [1.54, 1.807) is 0 Å². The molecule has 0 unspecified atom stereocenters. The summed E-state index contributed by atoms with van der Waals surface area (Å²) in [7, 11) is 0. The summed E-state index contributed by atoms with van der Waals surface area (Å²) in [6, 6.07) is 0. The molecule has 10 heavy (non-hydrogen) atoms. The summed E-state index contributed by atoms with van der Waals surface area (Å²) >= 11 is 0. The third kappa shape index (κ3) is 3.89. The van der Waals surface area contributed by atoms with E-state index in [9.17, 15) is 0 Å². The third-order valence-corrected chi connectivity index (χ3v) is 2.17. The van der Waals surface area contributed by atoms with E-state index in [1.165, 1.54) is 19.3 Å². The van der Waals surface area contributed by atoms with E-state index >= 15 is 0 Å². The molecule has 0 aromatic rings. The van der Waals surface area contributed by atoms with Crippen LogP contribution < -0.4 is 5.73 Å². The van der Waals surface area contributed by atoms with E-state index < -0.39 is 0 Å². The maximum atomic E-state index is 5.61. The van der Waals surface area contributed by atoms with Crippen LogP contribution in [0.4, 0.5) is 0 Å². The molecule has 0 heterocycles. The summed E-state index contributed by atoms with van der Waals surface area (Å²) < 4.78 is 0. The van der Waals surface area contributed by atoms with Crippen LogP contribution in [0.3, 0.4) is 0 Å². The fourth-order valence-corrected chi connectivity index (χ4v) is 1.19. The maximum Gasteiger partial charge on any atom is -0.00464 e. The summed E-state index contributed by atoms with van der Waals surface area (Å²) in [4.78, 5) is 0. The minimum atomic E-state index is 0.750. The van der Waals surface area contributed by atoms with E-state index in [4.69, 9.17) is 5.73 Å². The lowest BCUT2D eigenvalue weighted by molar-refractivity contribution is 0.359. The van der Waals surface area contributed by atoms with Crippen molar-refractivity contribution in [3.05, 3.63) is 0 Å². The molecule has 0 aliphatic rings. The van der Waals surface area contributed by atoms with E-state index in [1.807, 2.05) is 0 Å². The van der Waals surface area contributed by atoms with Gasteiger partial charge < -0.3 is 5.73 Å². The van der Waals surface area contributed by atoms with E-state index in [0.29, 0.717) is 0 Å². The maximum absolute atomic E-state index is 5.61. The van der Waals surface area contributed by atoms with Crippen molar-refractivity contribution in [2.24, 2.45) is 17.6 Å². The summed E-state index contributed by atoms with van der Waals surface area (Å²) in [5.41, 5.74) is 5.61. The quantitative estimate of drug-likeness (QED) is 0.628. The molecule has 0 saturated carbocycles. The molecule has 0 aromatic heterocycles. The van der Waals surface area contributed by atoms with Crippen molar-refractivity contribution < 1.29 is 0 Å². The first-order chi connectivity index (χ1) is 4.72. The van der Waals surface area contributed by atoms with Gasteiger partial charge >= 0.3 is 0 Å². The van der Waals surface area contributed by atoms with E-state index in [2.05, 4.69) is 20.8 Å². The first-order valence-electron chi connectivity index (χ1n) is 4.42. The molecule has 1 atom stereocenters. The van der Waals surface area contributed by atoms with Crippen molar-refractivity contribution in [1.82, 2.24) is 0 Å². The average Bonchev–Trinajstić information content (AvgIpc) is 1.89. The van der Waals surface area contributed by atoms with Gasteiger partial charge in [0.25, 0.3) is 0 Å². The highest BCUT2D eigenvalue weighted by Crippen LogP contribution is 2.16. The molecule has 2 N–H and O–H groups in total. The van der Waals surface area contributed by atoms with Crippen LogP contribution in [0.15, 0.2) is 0 Å². The molecule has 0 aliphatic heterocycles. The first-order valence-corrected chi connectivity index (χ1v) is 4.42. The van der Waals surface area contributed by atoms with Gasteiger partial charge in [-0.2, -0.15) is 0 Å². The molecular formula is C9H21N. The van der Waals surface area contributed by atoms with Gasteiger partial charge in [0.2, 0.25) is 0 Å². The molecule has 0 aromatic carbocycles. The van der Waals surface area contributed by atoms with Crippen molar-refractivity contribution in [1.29, 1.82) is 0 Å². The average molecular weight is 143 g/mol. The number of hydrogen-bond donors (Lipinski definition) is 1. The molecular weight excluding hydrogens is 122 g/mol. The molecule has 0 bridgehead atoms. The van der Waals surface area contributed by atoms with Crippen LogP contribution in [0, 0.1) is 11.8 Å². The van der Waals surface area contributed by atoms with Crippen LogP contribution in [0.2, 0.25) is 0 Å². The Morgan fingerprint density at radius 2 is 1.90 bits per heavy atom. The molecule has 1 nitrogen and oxygen atoms in total. The van der Waals surface area contributed by atoms with Gasteiger partial charge in [0, 0.05) is 0 Å². The lowest BCUT2D eigenvalue weighted by Crippen LogP contribution is -2.19. The zero-order chi connectivity index (χ0) is 7.98. The SMILES string of the molecule is CCCC[C@H](CN)C(C)C. The standard InChI is InChI=1S/C9H21N/c1-4-5-6-9(7-10)8(2)3/h8-9H,4-7,10H2,1-3H3/t9-/m1/s1. The van der Waals surface area contributed by atoms with Crippen molar-refractivity contribution >= 4 is 0 Å². The Hall–Kier alpha value is -0.0400. The summed E-state index contributed by atoms with van der Waals surface area (Å²) in [6.45, 7) is 7.60. The van der Waals surface area contributed by atoms with Crippen molar-refractivity contribution in [3.8, 4) is 0 Å². The number of unbranched alkanes of at least 4 members (excludes halogenated alkanes) is 1. The van der Waals surface area contributed by atoms with Crippen LogP contribution in [0.25, 0.3) is 0 Å². The zero-order valence-electron chi connectivity index (χ0n) is 7.56. The second kappa shape index (κ2) is 5.72. The van der Waals surface area contributed by atoms with Crippen LogP contribution in [-0.4, -0.2) is 6.54 Å². The Kier molecular flexibility index (Phi) is 5.70. The van der Waals surface area contributed by atoms with Crippen LogP contribution in [0.1, 0.15) is 40.0 Å². The molecule has 0 spiro atoms. The predicted molar refractivity (Wildman–Crippen MR) is 46.9 cm³/mol. The van der Waals surface area contributed by atoms with Gasteiger partial charge in [-0.1, -0.05) is 33.6 Å². The van der Waals surface area contributed by atoms with Gasteiger partial charge in [-0.25, -0.2) is 0 Å². The summed E-state index contributed by atoms with van der Waals surface area (Å²) in [5, 5.41) is 0. The van der Waals surface area contributed by atoms with Gasteiger partial charge in [-0.05, 0) is 24.8 Å². The molecule has 62 valence electrons. The summed E-state index contributed by atoms with van der Waals surface area (Å²) in [6.07, 6.45) is 3.94. The smallest absolute Gasteiger partial charge is 0.00464 e. The Bertz CT molecular complexity index is 69.1. The topological polar surface area (TPSA) is 26.0 Å². The lowest BCUT2D eigenvalue weighted by atomic mass is 9.91. The van der Waals surface area contributed by atoms with Crippen LogP contribution in [-0.2, 0) is 0 Å². The largest absolute Gasteiger partial charge is 0.330 e. The number of rotatable bonds is 5. The fraction of sp³-hybridized carbons (Fsp3) is 1.00. The highest BCUT2D eigenvalue weighted by Gasteiger charge is 2.09. The summed E-state index contributed by atoms with van der Waals surface area (Å²) in [5.74, 6) is 1.51. The minimum absolute atomic E-state index is 0.750. The van der Waals surface area contributed by atoms with Gasteiger partial charge in [-0.3, -0.25) is 0 Å². The second-order valence-corrected chi connectivity index (χ2v) is 3.38. The van der Waals surface area contributed by atoms with Crippen molar-refractivity contribution in [2.75, 3.05) is 6.54 Å². The Morgan fingerprint density at radius 3 is 2.20 bits per heavy atom. The highest BCUT2D eigenvalue weighted by atomic mass is 14.5. The zero-order valence-corrected chi connectivity index (χ0v) is 7.56. The lowest BCUT2D eigenvalue weighted by Gasteiger charge is -2.17. The molecule has 0 amide bonds. The molecule has 0 saturated heterocycles. The highest BCUT2D eigenvalue weighted by molar-refractivity contribution is 4.62. The molecule has 0 rings (SSSR count). The molecule has 0 radical (unpaired) electrons. The van der Waals surface area contributed by atoms with Crippen molar-refractivity contribution in [2.45, 2.75) is 40.0 Å². The third-order valence-electron chi connectivity index (χ3n) is 2.17. The Balaban J connectivity index is 3.40. The Labute approximate surface area is 65.0 Å². The monoisotopic (exact) mass is 143 g/mol. The predicted octanol–water partition coefficient (Wildman–Crippen LogP) is 2.41. The Morgan fingerprint density at radius 1 is 1.30 bits per heavy atom. The van der Waals surface area contributed by atoms with Crippen LogP contribution in [0.5, 0.6) is 0 Å². The molecule has 1 heteroatoms. The fourth-order valence-electron chi connectivity index (χ4n) is 1.19. The van der Waals surface area contributed by atoms with Gasteiger partial charge in [-0.15, -0.1) is 0 Å². The first kappa shape index (κ1) is 9.96. The van der Waals surface area contributed by atoms with Gasteiger partial charge in [0.1, 0.15) is 0 Å². The van der Waals surface area contributed by atoms with Gasteiger partial charge in [0.15, 0.2) is 0 Å².